The summed E-state index contributed by atoms with van der Waals surface area (Å²) in [5, 5.41) is 17.3. The summed E-state index contributed by atoms with van der Waals surface area (Å²) < 4.78 is 64.2. The molecule has 9 rings (SSSR count). The molecule has 4 amide bonds. The van der Waals surface area contributed by atoms with Crippen LogP contribution < -0.4 is 15.5 Å². The Labute approximate surface area is 401 Å². The van der Waals surface area contributed by atoms with Crippen LogP contribution in [0.1, 0.15) is 47.6 Å². The molecule has 2 fully saturated rings. The molecule has 0 bridgehead atoms. The normalized spacial score (nSPS) is 14.6. The highest BCUT2D eigenvalue weighted by atomic mass is 19.3. The van der Waals surface area contributed by atoms with Crippen molar-refractivity contribution in [3.05, 3.63) is 119 Å². The Morgan fingerprint density at radius 3 is 1.57 bits per heavy atom. The summed E-state index contributed by atoms with van der Waals surface area (Å²) in [4.78, 5) is 50.4. The summed E-state index contributed by atoms with van der Waals surface area (Å²) in [5.41, 5.74) is 9.37. The maximum atomic E-state index is 15.2. The van der Waals surface area contributed by atoms with Gasteiger partial charge in [-0.25, -0.2) is 18.4 Å². The zero-order valence-corrected chi connectivity index (χ0v) is 39.4. The van der Waals surface area contributed by atoms with Crippen LogP contribution in [0.5, 0.6) is 0 Å². The van der Waals surface area contributed by atoms with Crippen molar-refractivity contribution in [1.82, 2.24) is 49.4 Å². The Morgan fingerprint density at radius 1 is 0.657 bits per heavy atom. The first-order valence-corrected chi connectivity index (χ1v) is 23.1. The number of carbonyl (C=O) groups is 3. The molecule has 2 aliphatic heterocycles. The van der Waals surface area contributed by atoms with Gasteiger partial charge in [0.05, 0.1) is 43.1 Å². The predicted octanol–water partition coefficient (Wildman–Crippen LogP) is 7.08. The Balaban J connectivity index is 0.000000190. The molecule has 2 N–H and O–H groups in total. The first-order valence-electron chi connectivity index (χ1n) is 23.1. The van der Waals surface area contributed by atoms with Gasteiger partial charge in [0.2, 0.25) is 5.89 Å². The molecule has 17 nitrogen and oxygen atoms in total. The summed E-state index contributed by atoms with van der Waals surface area (Å²) in [5.74, 6) is -2.52. The number of hydrogen-bond donors (Lipinski definition) is 1. The van der Waals surface area contributed by atoms with E-state index in [0.717, 1.165) is 67.1 Å². The van der Waals surface area contributed by atoms with Crippen molar-refractivity contribution in [2.45, 2.75) is 33.4 Å². The van der Waals surface area contributed by atoms with Gasteiger partial charge in [0.15, 0.2) is 5.78 Å². The standard InChI is InChI=1S/C25H26F3N7O2.C24H29FN6O2/c1-3-33-8-10-34(11-9-33)25(36)35(19-7-6-17-14-29-32(2)21(17)13-19)15-18-5-4-16(12-20(18)26)23-30-31-24(37-23)22(27)28;1-3-29-8-10-30(11-9-29)24(33)31(20-7-6-18-15-27-28(2)22(18)13-20)16-19-5-4-17(12-21(19)25)23(32)14-26/h4-7,12-14,22H,3,8-11,15H2,1-2H3;4-7,12-13,15H,3,8-11,14,16,26H2,1-2H3. The van der Waals surface area contributed by atoms with Gasteiger partial charge in [0.1, 0.15) is 11.6 Å². The summed E-state index contributed by atoms with van der Waals surface area (Å²) in [6.45, 7) is 11.4. The fourth-order valence-electron chi connectivity index (χ4n) is 8.55. The van der Waals surface area contributed by atoms with Crippen LogP contribution in [-0.4, -0.2) is 139 Å². The number of urea groups is 2. The number of alkyl halides is 2. The summed E-state index contributed by atoms with van der Waals surface area (Å²) in [6.07, 6.45) is 0.591. The molecule has 21 heteroatoms. The first kappa shape index (κ1) is 49.2. The molecule has 0 aliphatic carbocycles. The van der Waals surface area contributed by atoms with E-state index >= 15 is 4.39 Å². The van der Waals surface area contributed by atoms with Crippen LogP contribution in [0, 0.1) is 11.6 Å². The van der Waals surface area contributed by atoms with E-state index in [-0.39, 0.29) is 60.1 Å². The Bertz CT molecular complexity index is 2980. The monoisotopic (exact) mass is 965 g/mol. The van der Waals surface area contributed by atoms with Crippen LogP contribution >= 0.6 is 0 Å². The van der Waals surface area contributed by atoms with Crippen LogP contribution in [0.3, 0.4) is 0 Å². The van der Waals surface area contributed by atoms with E-state index in [1.165, 1.54) is 18.2 Å². The number of aromatic nitrogens is 6. The molecule has 2 aliphatic rings. The molecule has 2 saturated heterocycles. The Morgan fingerprint density at radius 2 is 1.14 bits per heavy atom. The lowest BCUT2D eigenvalue weighted by Gasteiger charge is -2.37. The molecule has 0 spiro atoms. The van der Waals surface area contributed by atoms with Crippen molar-refractivity contribution in [1.29, 1.82) is 0 Å². The Hall–Kier alpha value is -7.23. The molecule has 0 unspecified atom stereocenters. The SMILES string of the molecule is CCN1CCN(C(=O)N(Cc2ccc(-c3nnc(C(F)F)o3)cc2F)c2ccc3cnn(C)c3c2)CC1.CCN1CCN(C(=O)N(Cc2ccc(C(=O)CN)cc2F)c2ccc3cnn(C)c3c2)CC1. The van der Waals surface area contributed by atoms with Gasteiger partial charge in [0, 0.05) is 111 Å². The molecular formula is C49H55F4N13O4. The molecule has 4 aromatic carbocycles. The lowest BCUT2D eigenvalue weighted by Crippen LogP contribution is -2.52. The summed E-state index contributed by atoms with van der Waals surface area (Å²) >= 11 is 0. The average molecular weight is 966 g/mol. The predicted molar refractivity (Wildman–Crippen MR) is 256 cm³/mol. The summed E-state index contributed by atoms with van der Waals surface area (Å²) in [6, 6.07) is 19.3. The van der Waals surface area contributed by atoms with E-state index in [0.29, 0.717) is 43.1 Å². The third-order valence-corrected chi connectivity index (χ3v) is 12.9. The number of halogens is 4. The molecule has 0 atom stereocenters. The van der Waals surface area contributed by atoms with E-state index in [2.05, 4.69) is 44.0 Å². The topological polar surface area (TPSA) is 171 Å². The number of fused-ring (bicyclic) bond motifs is 2. The molecule has 7 aromatic rings. The maximum Gasteiger partial charge on any atom is 0.324 e. The van der Waals surface area contributed by atoms with Gasteiger partial charge in [-0.2, -0.15) is 19.0 Å². The number of anilines is 2. The third-order valence-electron chi connectivity index (χ3n) is 12.9. The first-order chi connectivity index (χ1) is 33.7. The molecular weight excluding hydrogens is 911 g/mol. The van der Waals surface area contributed by atoms with Gasteiger partial charge in [-0.05, 0) is 67.7 Å². The quantitative estimate of drug-likeness (QED) is 0.0981. The number of nitrogens with two attached hydrogens (primary N) is 1. The number of ketones is 1. The number of nitrogens with zero attached hydrogens (tertiary/aromatic N) is 12. The van der Waals surface area contributed by atoms with E-state index in [1.807, 2.05) is 55.4 Å². The van der Waals surface area contributed by atoms with E-state index < -0.39 is 24.0 Å². The van der Waals surface area contributed by atoms with Crippen LogP contribution in [0.4, 0.5) is 38.5 Å². The second kappa shape index (κ2) is 21.6. The average Bonchev–Trinajstić information content (AvgIpc) is 4.14. The van der Waals surface area contributed by atoms with Crippen molar-refractivity contribution in [3.8, 4) is 11.5 Å². The van der Waals surface area contributed by atoms with Gasteiger partial charge < -0.3 is 29.8 Å². The zero-order chi connectivity index (χ0) is 49.6. The largest absolute Gasteiger partial charge is 0.415 e. The van der Waals surface area contributed by atoms with E-state index in [9.17, 15) is 27.6 Å². The van der Waals surface area contributed by atoms with Gasteiger partial charge in [-0.3, -0.25) is 24.0 Å². The fraction of sp³-hybridized carbons (Fsp3) is 0.367. The number of aryl methyl sites for hydroxylation is 2. The second-order valence-corrected chi connectivity index (χ2v) is 17.1. The number of Topliss-reactive ketones (excluding diaryl/α,β-unsaturated/α-hetero) is 1. The number of carbonyl (C=O) groups excluding carboxylic acids is 3. The van der Waals surface area contributed by atoms with Crippen LogP contribution in [0.2, 0.25) is 0 Å². The molecule has 3 aromatic heterocycles. The van der Waals surface area contributed by atoms with Crippen LogP contribution in [0.15, 0.2) is 89.6 Å². The number of piperazine rings is 2. The van der Waals surface area contributed by atoms with Crippen LogP contribution in [0.25, 0.3) is 33.3 Å². The van der Waals surface area contributed by atoms with Gasteiger partial charge in [0.25, 0.3) is 5.89 Å². The number of likely N-dealkylation sites (N-methyl/N-ethyl adjacent to an activating group) is 2. The minimum Gasteiger partial charge on any atom is -0.415 e. The molecule has 5 heterocycles. The minimum absolute atomic E-state index is 0.0333. The highest BCUT2D eigenvalue weighted by Gasteiger charge is 2.29. The summed E-state index contributed by atoms with van der Waals surface area (Å²) in [7, 11) is 3.66. The van der Waals surface area contributed by atoms with Gasteiger partial charge in [-0.1, -0.05) is 32.0 Å². The van der Waals surface area contributed by atoms with Crippen LogP contribution in [-0.2, 0) is 27.2 Å². The Kier molecular flexibility index (Phi) is 15.2. The molecule has 70 heavy (non-hydrogen) atoms. The van der Waals surface area contributed by atoms with Crippen molar-refractivity contribution in [2.24, 2.45) is 19.8 Å². The maximum absolute atomic E-state index is 15.2. The zero-order valence-electron chi connectivity index (χ0n) is 39.4. The lowest BCUT2D eigenvalue weighted by molar-refractivity contribution is 0.100. The fourth-order valence-corrected chi connectivity index (χ4v) is 8.55. The molecule has 0 radical (unpaired) electrons. The highest BCUT2D eigenvalue weighted by Crippen LogP contribution is 2.30. The van der Waals surface area contributed by atoms with Crippen molar-refractivity contribution in [2.75, 3.05) is 81.8 Å². The van der Waals surface area contributed by atoms with E-state index in [1.54, 1.807) is 48.6 Å². The number of amides is 4. The number of hydrogen-bond acceptors (Lipinski definition) is 11. The van der Waals surface area contributed by atoms with Crippen molar-refractivity contribution < 1.29 is 36.4 Å². The smallest absolute Gasteiger partial charge is 0.324 e. The van der Waals surface area contributed by atoms with Crippen molar-refractivity contribution in [3.63, 3.8) is 0 Å². The third kappa shape index (κ3) is 10.8. The minimum atomic E-state index is -2.92. The molecule has 0 saturated carbocycles. The number of rotatable bonds is 12. The van der Waals surface area contributed by atoms with Gasteiger partial charge in [-0.15, -0.1) is 10.2 Å². The molecule has 368 valence electrons. The highest BCUT2D eigenvalue weighted by molar-refractivity contribution is 5.98. The van der Waals surface area contributed by atoms with Crippen molar-refractivity contribution >= 4 is 51.0 Å². The number of benzene rings is 4. The van der Waals surface area contributed by atoms with Gasteiger partial charge >= 0.3 is 18.5 Å². The second-order valence-electron chi connectivity index (χ2n) is 17.1. The van der Waals surface area contributed by atoms with E-state index in [4.69, 9.17) is 10.2 Å². The lowest BCUT2D eigenvalue weighted by atomic mass is 10.1.